The number of unbranched alkanes of at least 4 members (excludes halogenated alkanes) is 21. The molecular formula is C49H88O9. The molecule has 1 rings (SSSR count). The lowest BCUT2D eigenvalue weighted by atomic mass is 9.99. The molecule has 4 N–H and O–H groups in total. The Hall–Kier alpha value is -1.85. The Kier molecular flexibility index (Phi) is 37.9. The van der Waals surface area contributed by atoms with Gasteiger partial charge < -0.3 is 39.4 Å². The summed E-state index contributed by atoms with van der Waals surface area (Å²) in [5.41, 5.74) is 0. The molecule has 6 atom stereocenters. The largest absolute Gasteiger partial charge is 0.457 e. The van der Waals surface area contributed by atoms with Crippen molar-refractivity contribution in [3.63, 3.8) is 0 Å². The lowest BCUT2D eigenvalue weighted by Gasteiger charge is -2.39. The molecular weight excluding hydrogens is 733 g/mol. The smallest absolute Gasteiger partial charge is 0.306 e. The van der Waals surface area contributed by atoms with Crippen molar-refractivity contribution in [3.05, 3.63) is 48.6 Å². The fourth-order valence-corrected chi connectivity index (χ4v) is 7.07. The maximum atomic E-state index is 12.7. The van der Waals surface area contributed by atoms with Crippen molar-refractivity contribution in [2.24, 2.45) is 0 Å². The fourth-order valence-electron chi connectivity index (χ4n) is 7.07. The minimum Gasteiger partial charge on any atom is -0.457 e. The first kappa shape index (κ1) is 54.2. The monoisotopic (exact) mass is 821 g/mol. The van der Waals surface area contributed by atoms with Crippen molar-refractivity contribution in [2.75, 3.05) is 26.4 Å². The minimum absolute atomic E-state index is 0.112. The van der Waals surface area contributed by atoms with Crippen molar-refractivity contribution in [1.29, 1.82) is 0 Å². The van der Waals surface area contributed by atoms with Gasteiger partial charge in [0.15, 0.2) is 6.29 Å². The van der Waals surface area contributed by atoms with Gasteiger partial charge in [-0.05, 0) is 51.4 Å². The van der Waals surface area contributed by atoms with Crippen LogP contribution in [-0.2, 0) is 23.7 Å². The van der Waals surface area contributed by atoms with Crippen molar-refractivity contribution in [3.8, 4) is 0 Å². The number of rotatable bonds is 40. The van der Waals surface area contributed by atoms with Crippen LogP contribution in [0.4, 0.5) is 0 Å². The van der Waals surface area contributed by atoms with Gasteiger partial charge in [0.2, 0.25) is 0 Å². The predicted octanol–water partition coefficient (Wildman–Crippen LogP) is 10.9. The first-order valence-corrected chi connectivity index (χ1v) is 23.7. The van der Waals surface area contributed by atoms with Gasteiger partial charge in [-0.3, -0.25) is 4.79 Å². The van der Waals surface area contributed by atoms with E-state index >= 15 is 0 Å². The topological polar surface area (TPSA) is 135 Å². The van der Waals surface area contributed by atoms with Crippen LogP contribution in [0.2, 0.25) is 0 Å². The zero-order chi connectivity index (χ0) is 42.2. The van der Waals surface area contributed by atoms with E-state index in [-0.39, 0.29) is 19.2 Å². The van der Waals surface area contributed by atoms with Gasteiger partial charge in [0.05, 0.1) is 19.8 Å². The average molecular weight is 821 g/mol. The molecule has 0 bridgehead atoms. The van der Waals surface area contributed by atoms with Crippen molar-refractivity contribution < 1.29 is 44.2 Å². The van der Waals surface area contributed by atoms with E-state index in [1.54, 1.807) is 0 Å². The lowest BCUT2D eigenvalue weighted by Crippen LogP contribution is -2.59. The number of ether oxygens (including phenoxy) is 4. The molecule has 0 saturated carbocycles. The van der Waals surface area contributed by atoms with Crippen LogP contribution in [0.25, 0.3) is 0 Å². The summed E-state index contributed by atoms with van der Waals surface area (Å²) in [6.45, 7) is 4.43. The van der Waals surface area contributed by atoms with E-state index in [4.69, 9.17) is 18.9 Å². The number of aliphatic hydroxyl groups excluding tert-OH is 4. The number of carbonyl (C=O) groups excluding carboxylic acids is 1. The average Bonchev–Trinajstić information content (AvgIpc) is 3.22. The Balaban J connectivity index is 2.13. The quantitative estimate of drug-likeness (QED) is 0.0271. The highest BCUT2D eigenvalue weighted by Gasteiger charge is 2.44. The number of carbonyl (C=O) groups is 1. The van der Waals surface area contributed by atoms with Gasteiger partial charge >= 0.3 is 5.97 Å². The number of aliphatic hydroxyl groups is 4. The Morgan fingerprint density at radius 1 is 0.569 bits per heavy atom. The SMILES string of the molecule is CC/C=C\C/C=C\C/C=C\C/C=C\CCCCCCCCCCCCCCCOCC(COC1OC(CO)C(O)C(O)C1O)OC(=O)CCCCCCCCCCC. The van der Waals surface area contributed by atoms with Crippen molar-refractivity contribution in [1.82, 2.24) is 0 Å². The molecule has 1 aliphatic rings. The summed E-state index contributed by atoms with van der Waals surface area (Å²) in [5.74, 6) is -0.317. The summed E-state index contributed by atoms with van der Waals surface area (Å²) in [4.78, 5) is 12.7. The van der Waals surface area contributed by atoms with E-state index < -0.39 is 43.4 Å². The zero-order valence-electron chi connectivity index (χ0n) is 37.0. The second kappa shape index (κ2) is 40.6. The minimum atomic E-state index is -1.53. The van der Waals surface area contributed by atoms with E-state index in [1.165, 1.54) is 116 Å². The third-order valence-electron chi connectivity index (χ3n) is 10.8. The van der Waals surface area contributed by atoms with Crippen LogP contribution in [0.15, 0.2) is 48.6 Å². The zero-order valence-corrected chi connectivity index (χ0v) is 37.0. The Morgan fingerprint density at radius 3 is 1.59 bits per heavy atom. The summed E-state index contributed by atoms with van der Waals surface area (Å²) in [6, 6.07) is 0. The molecule has 9 nitrogen and oxygen atoms in total. The maximum absolute atomic E-state index is 12.7. The van der Waals surface area contributed by atoms with Gasteiger partial charge in [-0.2, -0.15) is 0 Å². The van der Waals surface area contributed by atoms with E-state index in [0.717, 1.165) is 57.8 Å². The Morgan fingerprint density at radius 2 is 1.05 bits per heavy atom. The molecule has 0 radical (unpaired) electrons. The molecule has 1 heterocycles. The summed E-state index contributed by atoms with van der Waals surface area (Å²) >= 11 is 0. The molecule has 1 fully saturated rings. The summed E-state index contributed by atoms with van der Waals surface area (Å²) in [7, 11) is 0. The standard InChI is InChI=1S/C49H88O9/c1-3-5-7-9-11-13-14-15-16-17-18-19-20-21-22-23-24-25-26-27-28-29-31-33-35-37-39-55-41-43(42-56-49-48(54)47(53)46(52)44(40-50)58-49)57-45(51)38-36-34-32-30-12-10-8-6-4-2/h5,7,11,13,15-16,18-19,43-44,46-50,52-54H,3-4,6,8-10,12,14,17,20-42H2,1-2H3/b7-5-,13-11-,16-15-,19-18-. The maximum Gasteiger partial charge on any atom is 0.306 e. The van der Waals surface area contributed by atoms with Gasteiger partial charge in [-0.1, -0.05) is 184 Å². The van der Waals surface area contributed by atoms with Gasteiger partial charge in [0.1, 0.15) is 30.5 Å². The summed E-state index contributed by atoms with van der Waals surface area (Å²) in [5, 5.41) is 40.1. The third kappa shape index (κ3) is 31.1. The van der Waals surface area contributed by atoms with E-state index in [2.05, 4.69) is 62.5 Å². The molecule has 0 spiro atoms. The molecule has 0 aromatic rings. The van der Waals surface area contributed by atoms with Gasteiger partial charge in [-0.15, -0.1) is 0 Å². The first-order valence-electron chi connectivity index (χ1n) is 23.7. The van der Waals surface area contributed by atoms with E-state index in [0.29, 0.717) is 13.0 Å². The second-order valence-electron chi connectivity index (χ2n) is 16.2. The van der Waals surface area contributed by atoms with Crippen LogP contribution in [0.3, 0.4) is 0 Å². The molecule has 1 saturated heterocycles. The predicted molar refractivity (Wildman–Crippen MR) is 238 cm³/mol. The number of esters is 1. The number of hydrogen-bond donors (Lipinski definition) is 4. The molecule has 0 amide bonds. The summed E-state index contributed by atoms with van der Waals surface area (Å²) in [6.07, 6.45) is 43.0. The molecule has 338 valence electrons. The Labute approximate surface area is 354 Å². The van der Waals surface area contributed by atoms with Crippen molar-refractivity contribution >= 4 is 5.97 Å². The van der Waals surface area contributed by atoms with Crippen LogP contribution >= 0.6 is 0 Å². The van der Waals surface area contributed by atoms with E-state index in [9.17, 15) is 25.2 Å². The second-order valence-corrected chi connectivity index (χ2v) is 16.2. The van der Waals surface area contributed by atoms with Gasteiger partial charge in [-0.25, -0.2) is 0 Å². The molecule has 9 heteroatoms. The fraction of sp³-hybridized carbons (Fsp3) is 0.816. The molecule has 0 aromatic carbocycles. The highest BCUT2D eigenvalue weighted by Crippen LogP contribution is 2.23. The van der Waals surface area contributed by atoms with Crippen LogP contribution in [0.5, 0.6) is 0 Å². The lowest BCUT2D eigenvalue weighted by molar-refractivity contribution is -0.305. The highest BCUT2D eigenvalue weighted by molar-refractivity contribution is 5.69. The first-order chi connectivity index (χ1) is 28.4. The molecule has 0 aliphatic carbocycles. The number of allylic oxidation sites excluding steroid dienone is 8. The van der Waals surface area contributed by atoms with Crippen LogP contribution < -0.4 is 0 Å². The molecule has 0 aromatic heterocycles. The highest BCUT2D eigenvalue weighted by atomic mass is 16.7. The molecule has 6 unspecified atom stereocenters. The molecule has 58 heavy (non-hydrogen) atoms. The number of hydrogen-bond acceptors (Lipinski definition) is 9. The van der Waals surface area contributed by atoms with Gasteiger partial charge in [0, 0.05) is 13.0 Å². The van der Waals surface area contributed by atoms with Crippen LogP contribution in [0, 0.1) is 0 Å². The third-order valence-corrected chi connectivity index (χ3v) is 10.8. The van der Waals surface area contributed by atoms with Gasteiger partial charge in [0.25, 0.3) is 0 Å². The Bertz CT molecular complexity index is 1030. The van der Waals surface area contributed by atoms with Crippen molar-refractivity contribution in [2.45, 2.75) is 230 Å². The van der Waals surface area contributed by atoms with E-state index in [1.807, 2.05) is 0 Å². The van der Waals surface area contributed by atoms with Crippen LogP contribution in [0.1, 0.15) is 194 Å². The van der Waals surface area contributed by atoms with Crippen LogP contribution in [-0.4, -0.2) is 89.6 Å². The summed E-state index contributed by atoms with van der Waals surface area (Å²) < 4.78 is 22.8. The normalized spacial score (nSPS) is 20.7. The molecule has 1 aliphatic heterocycles.